The smallest absolute Gasteiger partial charge is 0.122 e. The van der Waals surface area contributed by atoms with Gasteiger partial charge in [-0.15, -0.1) is 0 Å². The predicted molar refractivity (Wildman–Crippen MR) is 72.9 cm³/mol. The number of fused-ring (bicyclic) bond motifs is 1. The van der Waals surface area contributed by atoms with Crippen LogP contribution in [0.2, 0.25) is 0 Å². The lowest BCUT2D eigenvalue weighted by Gasteiger charge is -2.33. The highest BCUT2D eigenvalue weighted by Crippen LogP contribution is 2.39. The Morgan fingerprint density at radius 3 is 2.76 bits per heavy atom. The minimum absolute atomic E-state index is 0.311. The molecule has 0 amide bonds. The number of hydrogen-bond donors (Lipinski definition) is 0. The Kier molecular flexibility index (Phi) is 3.46. The summed E-state index contributed by atoms with van der Waals surface area (Å²) < 4.78 is 5.85. The Balaban J connectivity index is 2.38. The number of aryl methyl sites for hydroxylation is 2. The lowest BCUT2D eigenvalue weighted by molar-refractivity contribution is 0.313. The van der Waals surface area contributed by atoms with Crippen LogP contribution < -0.4 is 4.74 Å². The van der Waals surface area contributed by atoms with Gasteiger partial charge in [0, 0.05) is 0 Å². The van der Waals surface area contributed by atoms with Gasteiger partial charge in [-0.3, -0.25) is 0 Å². The molecule has 1 aliphatic carbocycles. The zero-order chi connectivity index (χ0) is 12.5. The Morgan fingerprint density at radius 1 is 1.29 bits per heavy atom. The van der Waals surface area contributed by atoms with Crippen LogP contribution in [0.4, 0.5) is 0 Å². The van der Waals surface area contributed by atoms with Gasteiger partial charge in [0.25, 0.3) is 0 Å². The molecule has 0 spiro atoms. The Hall–Kier alpha value is -0.980. The summed E-state index contributed by atoms with van der Waals surface area (Å²) in [6.45, 7) is 9.83. The summed E-state index contributed by atoms with van der Waals surface area (Å²) in [5.41, 5.74) is 4.63. The topological polar surface area (TPSA) is 9.23 Å². The Morgan fingerprint density at radius 2 is 2.06 bits per heavy atom. The average molecular weight is 232 g/mol. The third-order valence-electron chi connectivity index (χ3n) is 3.84. The first-order valence-corrected chi connectivity index (χ1v) is 6.81. The van der Waals surface area contributed by atoms with Crippen LogP contribution in [0, 0.1) is 6.92 Å². The zero-order valence-corrected chi connectivity index (χ0v) is 11.6. The first kappa shape index (κ1) is 12.5. The van der Waals surface area contributed by atoms with Crippen molar-refractivity contribution in [1.29, 1.82) is 0 Å². The highest BCUT2D eigenvalue weighted by Gasteiger charge is 2.28. The van der Waals surface area contributed by atoms with Crippen molar-refractivity contribution in [3.63, 3.8) is 0 Å². The van der Waals surface area contributed by atoms with Crippen molar-refractivity contribution in [1.82, 2.24) is 0 Å². The van der Waals surface area contributed by atoms with Crippen molar-refractivity contribution < 1.29 is 4.74 Å². The van der Waals surface area contributed by atoms with E-state index in [1.807, 2.05) is 0 Å². The maximum absolute atomic E-state index is 5.85. The second kappa shape index (κ2) is 4.72. The van der Waals surface area contributed by atoms with E-state index in [0.29, 0.717) is 5.41 Å². The van der Waals surface area contributed by atoms with Gasteiger partial charge in [0.15, 0.2) is 0 Å². The fourth-order valence-corrected chi connectivity index (χ4v) is 2.81. The van der Waals surface area contributed by atoms with Crippen LogP contribution in [0.25, 0.3) is 0 Å². The summed E-state index contributed by atoms with van der Waals surface area (Å²) in [7, 11) is 0. The molecule has 0 atom stereocenters. The molecule has 2 rings (SSSR count). The summed E-state index contributed by atoms with van der Waals surface area (Å²) >= 11 is 0. The maximum Gasteiger partial charge on any atom is 0.122 e. The van der Waals surface area contributed by atoms with Gasteiger partial charge in [-0.1, -0.05) is 26.8 Å². The molecule has 0 aromatic heterocycles. The van der Waals surface area contributed by atoms with E-state index in [9.17, 15) is 0 Å². The largest absolute Gasteiger partial charge is 0.493 e. The van der Waals surface area contributed by atoms with E-state index < -0.39 is 0 Å². The summed E-state index contributed by atoms with van der Waals surface area (Å²) in [5.74, 6) is 1.08. The maximum atomic E-state index is 5.85. The molecule has 0 aliphatic heterocycles. The van der Waals surface area contributed by atoms with Crippen molar-refractivity contribution in [2.75, 3.05) is 6.61 Å². The van der Waals surface area contributed by atoms with Gasteiger partial charge in [0.05, 0.1) is 6.61 Å². The average Bonchev–Trinajstić information content (AvgIpc) is 2.26. The van der Waals surface area contributed by atoms with Gasteiger partial charge in [-0.05, 0) is 60.8 Å². The van der Waals surface area contributed by atoms with Crippen LogP contribution in [-0.4, -0.2) is 6.61 Å². The van der Waals surface area contributed by atoms with Gasteiger partial charge in [0.2, 0.25) is 0 Å². The first-order chi connectivity index (χ1) is 8.04. The van der Waals surface area contributed by atoms with Gasteiger partial charge in [-0.2, -0.15) is 0 Å². The summed E-state index contributed by atoms with van der Waals surface area (Å²) in [4.78, 5) is 0. The molecule has 1 aromatic rings. The standard InChI is InChI=1S/C16H24O/c1-5-9-17-15-11-14-13(10-12(15)2)7-6-8-16(14,3)4/h10-11H,5-9H2,1-4H3. The van der Waals surface area contributed by atoms with Crippen molar-refractivity contribution >= 4 is 0 Å². The molecule has 1 heteroatoms. The molecular formula is C16H24O. The molecule has 0 saturated carbocycles. The van der Waals surface area contributed by atoms with Crippen molar-refractivity contribution in [2.24, 2.45) is 0 Å². The van der Waals surface area contributed by atoms with Crippen molar-refractivity contribution in [3.05, 3.63) is 28.8 Å². The van der Waals surface area contributed by atoms with E-state index in [4.69, 9.17) is 4.74 Å². The van der Waals surface area contributed by atoms with Crippen LogP contribution >= 0.6 is 0 Å². The first-order valence-electron chi connectivity index (χ1n) is 6.81. The number of rotatable bonds is 3. The van der Waals surface area contributed by atoms with Crippen LogP contribution in [0.15, 0.2) is 12.1 Å². The van der Waals surface area contributed by atoms with E-state index in [1.54, 1.807) is 0 Å². The summed E-state index contributed by atoms with van der Waals surface area (Å²) in [6, 6.07) is 4.63. The minimum Gasteiger partial charge on any atom is -0.493 e. The summed E-state index contributed by atoms with van der Waals surface area (Å²) in [6.07, 6.45) is 4.90. The number of benzene rings is 1. The Labute approximate surface area is 105 Å². The molecule has 0 saturated heterocycles. The van der Waals surface area contributed by atoms with E-state index in [0.717, 1.165) is 18.8 Å². The molecule has 94 valence electrons. The van der Waals surface area contributed by atoms with Crippen molar-refractivity contribution in [2.45, 2.75) is 58.8 Å². The quantitative estimate of drug-likeness (QED) is 0.750. The molecule has 0 unspecified atom stereocenters. The molecule has 1 aromatic carbocycles. The third kappa shape index (κ3) is 2.48. The van der Waals surface area contributed by atoms with Gasteiger partial charge in [0.1, 0.15) is 5.75 Å². The van der Waals surface area contributed by atoms with Crippen LogP contribution in [0.3, 0.4) is 0 Å². The second-order valence-corrected chi connectivity index (χ2v) is 5.86. The van der Waals surface area contributed by atoms with Gasteiger partial charge < -0.3 is 4.74 Å². The minimum atomic E-state index is 0.311. The fourth-order valence-electron chi connectivity index (χ4n) is 2.81. The molecule has 1 nitrogen and oxygen atoms in total. The van der Waals surface area contributed by atoms with E-state index in [-0.39, 0.29) is 0 Å². The van der Waals surface area contributed by atoms with Crippen LogP contribution in [0.5, 0.6) is 5.75 Å². The molecule has 1 aliphatic rings. The fraction of sp³-hybridized carbons (Fsp3) is 0.625. The van der Waals surface area contributed by atoms with E-state index in [2.05, 4.69) is 39.8 Å². The molecule has 0 radical (unpaired) electrons. The SMILES string of the molecule is CCCOc1cc2c(cc1C)CCCC2(C)C. The van der Waals surface area contributed by atoms with E-state index in [1.165, 1.54) is 36.0 Å². The lowest BCUT2D eigenvalue weighted by Crippen LogP contribution is -2.24. The number of hydrogen-bond acceptors (Lipinski definition) is 1. The van der Waals surface area contributed by atoms with Crippen LogP contribution in [0.1, 0.15) is 56.7 Å². The molecular weight excluding hydrogens is 208 g/mol. The zero-order valence-electron chi connectivity index (χ0n) is 11.6. The summed E-state index contributed by atoms with van der Waals surface area (Å²) in [5, 5.41) is 0. The molecule has 0 bridgehead atoms. The second-order valence-electron chi connectivity index (χ2n) is 5.86. The number of ether oxygens (including phenoxy) is 1. The predicted octanol–water partition coefficient (Wildman–Crippen LogP) is 4.40. The monoisotopic (exact) mass is 232 g/mol. The van der Waals surface area contributed by atoms with Gasteiger partial charge in [-0.25, -0.2) is 0 Å². The highest BCUT2D eigenvalue weighted by atomic mass is 16.5. The molecule has 17 heavy (non-hydrogen) atoms. The normalized spacial score (nSPS) is 17.6. The lowest BCUT2D eigenvalue weighted by atomic mass is 9.72. The Bertz CT molecular complexity index is 404. The highest BCUT2D eigenvalue weighted by molar-refractivity contribution is 5.46. The van der Waals surface area contributed by atoms with E-state index >= 15 is 0 Å². The van der Waals surface area contributed by atoms with Crippen LogP contribution in [-0.2, 0) is 11.8 Å². The van der Waals surface area contributed by atoms with Crippen molar-refractivity contribution in [3.8, 4) is 5.75 Å². The molecule has 0 fully saturated rings. The molecule has 0 heterocycles. The van der Waals surface area contributed by atoms with Gasteiger partial charge >= 0.3 is 0 Å². The molecule has 0 N–H and O–H groups in total. The third-order valence-corrected chi connectivity index (χ3v) is 3.84.